The molecule has 45 heavy (non-hydrogen) atoms. The third kappa shape index (κ3) is 8.26. The summed E-state index contributed by atoms with van der Waals surface area (Å²) in [4.78, 5) is 23.7. The maximum atomic E-state index is 13.6. The number of carbonyl (C=O) groups is 1. The fraction of sp³-hybridized carbons (Fsp3) is 0.433. The van der Waals surface area contributed by atoms with Crippen molar-refractivity contribution in [3.05, 3.63) is 69.8 Å². The van der Waals surface area contributed by atoms with Crippen LogP contribution in [0.1, 0.15) is 22.3 Å². The molecule has 0 spiro atoms. The van der Waals surface area contributed by atoms with E-state index in [2.05, 4.69) is 37.2 Å². The number of hydrogen-bond acceptors (Lipinski definition) is 7. The first-order valence-electron chi connectivity index (χ1n) is 14.4. The second kappa shape index (κ2) is 13.5. The number of amidine groups is 1. The number of amides is 1. The van der Waals surface area contributed by atoms with Crippen molar-refractivity contribution in [1.29, 1.82) is 0 Å². The van der Waals surface area contributed by atoms with Gasteiger partial charge in [-0.15, -0.1) is 0 Å². The zero-order chi connectivity index (χ0) is 32.4. The topological polar surface area (TPSA) is 69.0 Å². The molecule has 4 heterocycles. The third-order valence-electron chi connectivity index (χ3n) is 7.75. The minimum atomic E-state index is -4.96. The lowest BCUT2D eigenvalue weighted by Gasteiger charge is -2.32. The fourth-order valence-electron chi connectivity index (χ4n) is 5.10. The van der Waals surface area contributed by atoms with Gasteiger partial charge in [0, 0.05) is 57.7 Å². The van der Waals surface area contributed by atoms with Crippen molar-refractivity contribution in [1.82, 2.24) is 29.8 Å². The average molecular weight is 654 g/mol. The summed E-state index contributed by atoms with van der Waals surface area (Å²) in [6.45, 7) is 7.70. The molecule has 0 unspecified atom stereocenters. The van der Waals surface area contributed by atoms with Crippen LogP contribution in [0.15, 0.2) is 52.5 Å². The number of thioether (sulfide) groups is 1. The molecule has 0 radical (unpaired) electrons. The number of aliphatic imine (C=N–C) groups is 1. The molecule has 0 aliphatic carbocycles. The molecule has 0 bridgehead atoms. The van der Waals surface area contributed by atoms with Crippen molar-refractivity contribution in [2.24, 2.45) is 4.99 Å². The summed E-state index contributed by atoms with van der Waals surface area (Å²) >= 11 is 1.30. The van der Waals surface area contributed by atoms with Crippen molar-refractivity contribution in [3.8, 4) is 0 Å². The minimum absolute atomic E-state index is 0.125. The van der Waals surface area contributed by atoms with Gasteiger partial charge in [0.2, 0.25) is 0 Å². The van der Waals surface area contributed by atoms with Crippen LogP contribution >= 0.6 is 11.8 Å². The Kier molecular flexibility index (Phi) is 9.91. The number of carbonyl (C=O) groups excluding carboxylic acids is 1. The molecule has 1 aromatic heterocycles. The maximum Gasteiger partial charge on any atom is 0.416 e. The molecule has 8 nitrogen and oxygen atoms in total. The number of benzene rings is 2. The van der Waals surface area contributed by atoms with E-state index in [1.807, 2.05) is 7.05 Å². The van der Waals surface area contributed by atoms with Crippen LogP contribution in [-0.2, 0) is 23.7 Å². The Balaban J connectivity index is 0.000000505. The summed E-state index contributed by atoms with van der Waals surface area (Å²) in [6, 6.07) is 6.68. The molecule has 0 saturated carbocycles. The van der Waals surface area contributed by atoms with Crippen LogP contribution in [-0.4, -0.2) is 102 Å². The fourth-order valence-corrected chi connectivity index (χ4v) is 6.06. The minimum Gasteiger partial charge on any atom is -0.348 e. The van der Waals surface area contributed by atoms with Gasteiger partial charge in [-0.2, -0.15) is 36.4 Å². The van der Waals surface area contributed by atoms with E-state index in [1.165, 1.54) is 35.7 Å². The number of alkyl halides is 6. The summed E-state index contributed by atoms with van der Waals surface area (Å²) in [5, 5.41) is 8.70. The van der Waals surface area contributed by atoms with Crippen molar-refractivity contribution >= 4 is 39.8 Å². The van der Waals surface area contributed by atoms with Crippen molar-refractivity contribution in [3.63, 3.8) is 0 Å². The van der Waals surface area contributed by atoms with Gasteiger partial charge in [0.05, 0.1) is 34.3 Å². The van der Waals surface area contributed by atoms with Crippen molar-refractivity contribution in [2.75, 3.05) is 66.5 Å². The molecule has 2 aromatic carbocycles. The number of rotatable bonds is 3. The molecule has 3 aliphatic heterocycles. The molecule has 2 fully saturated rings. The predicted octanol–water partition coefficient (Wildman–Crippen LogP) is 4.86. The Morgan fingerprint density at radius 3 is 2.20 bits per heavy atom. The largest absolute Gasteiger partial charge is 0.416 e. The summed E-state index contributed by atoms with van der Waals surface area (Å²) < 4.78 is 80.9. The SMILES string of the molecule is CN1CCN(C2=NC(=O)C(=Cc3ccc4c(cnn4Cc4ccc(C(F)(F)F)cc4C(F)(F)F)c3)S2)CC1.CN1CCNCC1. The molecular weight excluding hydrogens is 620 g/mol. The van der Waals surface area contributed by atoms with Crippen LogP contribution in [0.5, 0.6) is 0 Å². The molecule has 0 atom stereocenters. The van der Waals surface area contributed by atoms with Crippen molar-refractivity contribution in [2.45, 2.75) is 18.9 Å². The lowest BCUT2D eigenvalue weighted by molar-refractivity contribution is -0.143. The number of aromatic nitrogens is 2. The van der Waals surface area contributed by atoms with E-state index < -0.39 is 23.5 Å². The van der Waals surface area contributed by atoms with Gasteiger partial charge in [0.25, 0.3) is 5.91 Å². The molecule has 2 saturated heterocycles. The van der Waals surface area contributed by atoms with Crippen LogP contribution < -0.4 is 5.32 Å². The molecular formula is C30H33F6N7OS. The van der Waals surface area contributed by atoms with E-state index in [-0.39, 0.29) is 24.1 Å². The van der Waals surface area contributed by atoms with Crippen LogP contribution in [0.25, 0.3) is 17.0 Å². The number of hydrogen-bond donors (Lipinski definition) is 1. The summed E-state index contributed by atoms with van der Waals surface area (Å²) in [5.74, 6) is -0.332. The van der Waals surface area contributed by atoms with Crippen LogP contribution in [0.3, 0.4) is 0 Å². The molecule has 6 rings (SSSR count). The van der Waals surface area contributed by atoms with Gasteiger partial charge < -0.3 is 20.0 Å². The zero-order valence-corrected chi connectivity index (χ0v) is 25.6. The third-order valence-corrected chi connectivity index (χ3v) is 8.79. The summed E-state index contributed by atoms with van der Waals surface area (Å²) in [5.41, 5.74) is -1.86. The predicted molar refractivity (Wildman–Crippen MR) is 163 cm³/mol. The summed E-state index contributed by atoms with van der Waals surface area (Å²) in [7, 11) is 4.19. The quantitative estimate of drug-likeness (QED) is 0.320. The number of piperazine rings is 2. The number of fused-ring (bicyclic) bond motifs is 1. The van der Waals surface area contributed by atoms with E-state index in [1.54, 1.807) is 24.3 Å². The number of halogens is 6. The number of nitrogens with one attached hydrogen (secondary N) is 1. The standard InChI is InChI=1S/C25H21F6N5OS.C5H12N2/c1-34-6-8-35(9-7-34)23-33-22(37)21(38-23)11-15-2-5-20-17(10-15)13-32-36(20)14-16-3-4-18(24(26,27)28)12-19(16)25(29,30)31;1-7-4-2-6-3-5-7/h2-5,10-13H,6-9,14H2,1H3;6H,2-5H2,1H3. The lowest BCUT2D eigenvalue weighted by atomic mass is 10.0. The highest BCUT2D eigenvalue weighted by atomic mass is 32.2. The Morgan fingerprint density at radius 1 is 0.889 bits per heavy atom. The normalized spacial score (nSPS) is 19.6. The van der Waals surface area contributed by atoms with Gasteiger partial charge >= 0.3 is 12.4 Å². The van der Waals surface area contributed by atoms with Crippen molar-refractivity contribution < 1.29 is 31.1 Å². The van der Waals surface area contributed by atoms with Gasteiger partial charge in [0.1, 0.15) is 0 Å². The van der Waals surface area contributed by atoms with Gasteiger partial charge in [-0.3, -0.25) is 9.48 Å². The highest BCUT2D eigenvalue weighted by molar-refractivity contribution is 8.18. The van der Waals surface area contributed by atoms with Gasteiger partial charge in [-0.05, 0) is 67.3 Å². The van der Waals surface area contributed by atoms with Gasteiger partial charge in [0.15, 0.2) is 5.17 Å². The van der Waals surface area contributed by atoms with Crippen LogP contribution in [0, 0.1) is 0 Å². The smallest absolute Gasteiger partial charge is 0.348 e. The molecule has 3 aromatic rings. The Bertz CT molecular complexity index is 1590. The number of nitrogens with zero attached hydrogens (tertiary/aromatic N) is 6. The Labute approximate surface area is 260 Å². The van der Waals surface area contributed by atoms with E-state index in [9.17, 15) is 31.1 Å². The van der Waals surface area contributed by atoms with Gasteiger partial charge in [-0.1, -0.05) is 12.1 Å². The molecule has 15 heteroatoms. The second-order valence-corrected chi connectivity index (χ2v) is 12.2. The Morgan fingerprint density at radius 2 is 1.58 bits per heavy atom. The van der Waals surface area contributed by atoms with E-state index in [0.717, 1.165) is 45.3 Å². The molecule has 3 aliphatic rings. The number of likely N-dealkylation sites (N-methyl/N-ethyl adjacent to an activating group) is 2. The second-order valence-electron chi connectivity index (χ2n) is 11.1. The Hall–Kier alpha value is -3.40. The first-order chi connectivity index (χ1) is 21.3. The summed E-state index contributed by atoms with van der Waals surface area (Å²) in [6.07, 6.45) is -6.69. The average Bonchev–Trinajstić information content (AvgIpc) is 3.55. The first kappa shape index (κ1) is 33.0. The molecule has 1 amide bonds. The van der Waals surface area contributed by atoms with Crippen LogP contribution in [0.4, 0.5) is 26.3 Å². The zero-order valence-electron chi connectivity index (χ0n) is 24.8. The van der Waals surface area contributed by atoms with Crippen LogP contribution in [0.2, 0.25) is 0 Å². The van der Waals surface area contributed by atoms with E-state index in [4.69, 9.17) is 0 Å². The molecule has 242 valence electrons. The molecule has 1 N–H and O–H groups in total. The van der Waals surface area contributed by atoms with E-state index >= 15 is 0 Å². The highest BCUT2D eigenvalue weighted by Crippen LogP contribution is 2.38. The maximum absolute atomic E-state index is 13.6. The lowest BCUT2D eigenvalue weighted by Crippen LogP contribution is -2.46. The first-order valence-corrected chi connectivity index (χ1v) is 15.2. The monoisotopic (exact) mass is 653 g/mol. The van der Waals surface area contributed by atoms with Gasteiger partial charge in [-0.25, -0.2) is 0 Å². The van der Waals surface area contributed by atoms with E-state index in [0.29, 0.717) is 32.6 Å². The highest BCUT2D eigenvalue weighted by Gasteiger charge is 2.38.